The van der Waals surface area contributed by atoms with Gasteiger partial charge < -0.3 is 10.1 Å². The highest BCUT2D eigenvalue weighted by molar-refractivity contribution is 7.92. The van der Waals surface area contributed by atoms with Crippen molar-refractivity contribution < 1.29 is 17.9 Å². The number of nitrogens with one attached hydrogen (secondary N) is 1. The van der Waals surface area contributed by atoms with Gasteiger partial charge in [-0.1, -0.05) is 24.3 Å². The molecule has 1 N–H and O–H groups in total. The molecule has 1 heterocycles. The molecule has 0 aromatic heterocycles. The van der Waals surface area contributed by atoms with Crippen molar-refractivity contribution in [3.05, 3.63) is 58.7 Å². The number of fused-ring (bicyclic) bond motifs is 2. The smallest absolute Gasteiger partial charge is 0.263 e. The van der Waals surface area contributed by atoms with Gasteiger partial charge in [-0.15, -0.1) is 0 Å². The van der Waals surface area contributed by atoms with Crippen LogP contribution >= 0.6 is 0 Å². The Morgan fingerprint density at radius 3 is 2.60 bits per heavy atom. The molecule has 0 fully saturated rings. The molecule has 1 aliphatic heterocycles. The summed E-state index contributed by atoms with van der Waals surface area (Å²) >= 11 is 0. The van der Waals surface area contributed by atoms with E-state index in [0.29, 0.717) is 11.4 Å². The average Bonchev–Trinajstić information content (AvgIpc) is 2.71. The van der Waals surface area contributed by atoms with E-state index in [2.05, 4.69) is 23.5 Å². The van der Waals surface area contributed by atoms with Gasteiger partial charge in [-0.3, -0.25) is 9.10 Å². The zero-order chi connectivity index (χ0) is 21.5. The molecule has 4 rings (SSSR count). The Balaban J connectivity index is 1.53. The van der Waals surface area contributed by atoms with Gasteiger partial charge in [-0.05, 0) is 73.9 Å². The van der Waals surface area contributed by atoms with Gasteiger partial charge in [-0.25, -0.2) is 8.42 Å². The summed E-state index contributed by atoms with van der Waals surface area (Å²) in [4.78, 5) is 13.0. The van der Waals surface area contributed by atoms with Crippen LogP contribution in [0.4, 0.5) is 5.69 Å². The second-order valence-electron chi connectivity index (χ2n) is 8.34. The Labute approximate surface area is 178 Å². The molecule has 0 saturated heterocycles. The van der Waals surface area contributed by atoms with Crippen molar-refractivity contribution in [3.63, 3.8) is 0 Å². The van der Waals surface area contributed by atoms with E-state index >= 15 is 0 Å². The van der Waals surface area contributed by atoms with Crippen molar-refractivity contribution in [1.82, 2.24) is 5.32 Å². The molecule has 0 saturated carbocycles. The fourth-order valence-electron chi connectivity index (χ4n) is 4.22. The summed E-state index contributed by atoms with van der Waals surface area (Å²) < 4.78 is 31.8. The molecule has 1 aliphatic carbocycles. The van der Waals surface area contributed by atoms with Gasteiger partial charge in [0.15, 0.2) is 6.10 Å². The Hall–Kier alpha value is -2.54. The predicted molar refractivity (Wildman–Crippen MR) is 117 cm³/mol. The van der Waals surface area contributed by atoms with Crippen molar-refractivity contribution >= 4 is 21.6 Å². The standard InChI is InChI=1S/C23H28N2O4S/c1-15-8-11-21-20(12-15)25(30(3,27)28)14-22(29-21)23(26)24-16(2)18-10-9-17-6-4-5-7-19(17)13-18/h8-13,16,22H,4-7,14H2,1-3H3,(H,24,26)/t16-,22-/m0/s1. The van der Waals surface area contributed by atoms with Gasteiger partial charge in [0, 0.05) is 0 Å². The maximum Gasteiger partial charge on any atom is 0.263 e. The maximum atomic E-state index is 13.0. The Bertz CT molecular complexity index is 1080. The molecular formula is C23H28N2O4S. The first-order chi connectivity index (χ1) is 14.2. The molecule has 2 atom stereocenters. The van der Waals surface area contributed by atoms with Gasteiger partial charge in [0.25, 0.3) is 5.91 Å². The number of anilines is 1. The van der Waals surface area contributed by atoms with Crippen LogP contribution in [0.25, 0.3) is 0 Å². The number of ether oxygens (including phenoxy) is 1. The minimum atomic E-state index is -3.54. The van der Waals surface area contributed by atoms with Crippen LogP contribution < -0.4 is 14.4 Å². The first-order valence-electron chi connectivity index (χ1n) is 10.4. The molecule has 1 amide bonds. The number of benzene rings is 2. The molecule has 0 unspecified atom stereocenters. The summed E-state index contributed by atoms with van der Waals surface area (Å²) in [6.45, 7) is 3.79. The van der Waals surface area contributed by atoms with Gasteiger partial charge >= 0.3 is 0 Å². The van der Waals surface area contributed by atoms with E-state index in [1.165, 1.54) is 28.3 Å². The normalized spacial score (nSPS) is 19.3. The van der Waals surface area contributed by atoms with Crippen LogP contribution in [-0.4, -0.2) is 33.2 Å². The Kier molecular flexibility index (Phi) is 5.49. The quantitative estimate of drug-likeness (QED) is 0.811. The molecule has 2 aromatic carbocycles. The zero-order valence-electron chi connectivity index (χ0n) is 17.6. The van der Waals surface area contributed by atoms with Crippen LogP contribution in [0.5, 0.6) is 5.75 Å². The van der Waals surface area contributed by atoms with Gasteiger partial charge in [-0.2, -0.15) is 0 Å². The van der Waals surface area contributed by atoms with E-state index in [0.717, 1.165) is 30.2 Å². The van der Waals surface area contributed by atoms with Crippen molar-refractivity contribution in [2.75, 3.05) is 17.1 Å². The molecule has 2 aliphatic rings. The number of hydrogen-bond acceptors (Lipinski definition) is 4. The van der Waals surface area contributed by atoms with Crippen molar-refractivity contribution in [2.45, 2.75) is 51.7 Å². The highest BCUT2D eigenvalue weighted by Crippen LogP contribution is 2.36. The molecule has 160 valence electrons. The maximum absolute atomic E-state index is 13.0. The summed E-state index contributed by atoms with van der Waals surface area (Å²) in [5, 5.41) is 3.00. The van der Waals surface area contributed by atoms with Crippen LogP contribution in [-0.2, 0) is 27.7 Å². The first kappa shape index (κ1) is 20.7. The van der Waals surface area contributed by atoms with Crippen LogP contribution in [0.1, 0.15) is 48.1 Å². The third kappa shape index (κ3) is 4.17. The van der Waals surface area contributed by atoms with E-state index in [-0.39, 0.29) is 18.5 Å². The lowest BCUT2D eigenvalue weighted by Gasteiger charge is -2.34. The number of aryl methyl sites for hydroxylation is 3. The lowest BCUT2D eigenvalue weighted by atomic mass is 9.89. The van der Waals surface area contributed by atoms with Crippen LogP contribution in [0.2, 0.25) is 0 Å². The third-order valence-electron chi connectivity index (χ3n) is 5.91. The minimum Gasteiger partial charge on any atom is -0.476 e. The fraction of sp³-hybridized carbons (Fsp3) is 0.435. The number of amides is 1. The van der Waals surface area contributed by atoms with E-state index in [1.54, 1.807) is 12.1 Å². The Morgan fingerprint density at radius 2 is 1.87 bits per heavy atom. The summed E-state index contributed by atoms with van der Waals surface area (Å²) in [5.74, 6) is 0.0824. The molecule has 2 aromatic rings. The van der Waals surface area contributed by atoms with E-state index in [4.69, 9.17) is 4.74 Å². The third-order valence-corrected chi connectivity index (χ3v) is 7.05. The van der Waals surface area contributed by atoms with E-state index < -0.39 is 16.1 Å². The second-order valence-corrected chi connectivity index (χ2v) is 10.2. The van der Waals surface area contributed by atoms with Crippen molar-refractivity contribution in [2.24, 2.45) is 0 Å². The fourth-order valence-corrected chi connectivity index (χ4v) is 5.13. The number of nitrogens with zero attached hydrogens (tertiary/aromatic N) is 1. The van der Waals surface area contributed by atoms with Crippen LogP contribution in [0.3, 0.4) is 0 Å². The summed E-state index contributed by atoms with van der Waals surface area (Å²) in [6, 6.07) is 11.5. The number of carbonyl (C=O) groups is 1. The average molecular weight is 429 g/mol. The minimum absolute atomic E-state index is 0.0436. The SMILES string of the molecule is Cc1ccc2c(c1)N(S(C)(=O)=O)C[C@@H](C(=O)N[C@@H](C)c1ccc3c(c1)CCCC3)O2. The number of carbonyl (C=O) groups excluding carboxylic acids is 1. The highest BCUT2D eigenvalue weighted by atomic mass is 32.2. The molecule has 6 nitrogen and oxygen atoms in total. The molecule has 0 bridgehead atoms. The number of hydrogen-bond donors (Lipinski definition) is 1. The van der Waals surface area contributed by atoms with Crippen molar-refractivity contribution in [3.8, 4) is 5.75 Å². The topological polar surface area (TPSA) is 75.7 Å². The van der Waals surface area contributed by atoms with E-state index in [9.17, 15) is 13.2 Å². The lowest BCUT2D eigenvalue weighted by Crippen LogP contribution is -2.50. The molecule has 0 spiro atoms. The number of sulfonamides is 1. The van der Waals surface area contributed by atoms with Gasteiger partial charge in [0.05, 0.1) is 24.5 Å². The van der Waals surface area contributed by atoms with Gasteiger partial charge in [0.1, 0.15) is 5.75 Å². The lowest BCUT2D eigenvalue weighted by molar-refractivity contribution is -0.128. The highest BCUT2D eigenvalue weighted by Gasteiger charge is 2.35. The van der Waals surface area contributed by atoms with E-state index in [1.807, 2.05) is 19.9 Å². The summed E-state index contributed by atoms with van der Waals surface area (Å²) in [5.41, 5.74) is 5.21. The predicted octanol–water partition coefficient (Wildman–Crippen LogP) is 3.28. The molecular weight excluding hydrogens is 400 g/mol. The summed E-state index contributed by atoms with van der Waals surface area (Å²) in [7, 11) is -3.54. The first-order valence-corrected chi connectivity index (χ1v) is 12.2. The molecule has 0 radical (unpaired) electrons. The monoisotopic (exact) mass is 428 g/mol. The summed E-state index contributed by atoms with van der Waals surface area (Å²) in [6.07, 6.45) is 4.87. The Morgan fingerprint density at radius 1 is 1.13 bits per heavy atom. The number of rotatable bonds is 4. The molecule has 7 heteroatoms. The van der Waals surface area contributed by atoms with Crippen LogP contribution in [0, 0.1) is 6.92 Å². The van der Waals surface area contributed by atoms with Crippen LogP contribution in [0.15, 0.2) is 36.4 Å². The largest absolute Gasteiger partial charge is 0.476 e. The van der Waals surface area contributed by atoms with Crippen molar-refractivity contribution in [1.29, 1.82) is 0 Å². The van der Waals surface area contributed by atoms with Gasteiger partial charge in [0.2, 0.25) is 10.0 Å². The second kappa shape index (κ2) is 7.95. The molecule has 30 heavy (non-hydrogen) atoms. The zero-order valence-corrected chi connectivity index (χ0v) is 18.5.